The quantitative estimate of drug-likeness (QED) is 0.517. The highest BCUT2D eigenvalue weighted by atomic mass is 32.1. The summed E-state index contributed by atoms with van der Waals surface area (Å²) >= 11 is 1.43. The standard InChI is InChI=1S/C21H18N2O3S/c1-13(2)26-16-10-8-14(9-11-16)17-12-27-21-22-18(15-6-4-3-5-7-15)19(20(24)25)23(17)21/h3-13H,1-2H3,(H,24,25). The van der Waals surface area contributed by atoms with Crippen LogP contribution in [0.1, 0.15) is 24.3 Å². The number of carbonyl (C=O) groups is 1. The topological polar surface area (TPSA) is 63.8 Å². The lowest BCUT2D eigenvalue weighted by atomic mass is 10.1. The molecular weight excluding hydrogens is 360 g/mol. The van der Waals surface area contributed by atoms with Crippen molar-refractivity contribution in [2.75, 3.05) is 0 Å². The highest BCUT2D eigenvalue weighted by Gasteiger charge is 2.23. The summed E-state index contributed by atoms with van der Waals surface area (Å²) in [4.78, 5) is 17.3. The van der Waals surface area contributed by atoms with E-state index in [4.69, 9.17) is 4.74 Å². The zero-order valence-corrected chi connectivity index (χ0v) is 15.7. The van der Waals surface area contributed by atoms with Crippen LogP contribution in [0.5, 0.6) is 5.75 Å². The van der Waals surface area contributed by atoms with E-state index >= 15 is 0 Å². The van der Waals surface area contributed by atoms with E-state index in [1.54, 1.807) is 4.40 Å². The summed E-state index contributed by atoms with van der Waals surface area (Å²) in [5, 5.41) is 11.8. The van der Waals surface area contributed by atoms with Gasteiger partial charge in [0.1, 0.15) is 11.4 Å². The van der Waals surface area contributed by atoms with Gasteiger partial charge in [0.25, 0.3) is 0 Å². The summed E-state index contributed by atoms with van der Waals surface area (Å²) in [5.74, 6) is -0.213. The molecule has 0 aliphatic heterocycles. The van der Waals surface area contributed by atoms with Gasteiger partial charge in [-0.3, -0.25) is 4.40 Å². The second-order valence-electron chi connectivity index (χ2n) is 6.41. The third-order valence-corrected chi connectivity index (χ3v) is 4.96. The smallest absolute Gasteiger partial charge is 0.355 e. The number of thiazole rings is 1. The highest BCUT2D eigenvalue weighted by Crippen LogP contribution is 2.33. The first-order valence-electron chi connectivity index (χ1n) is 8.60. The lowest BCUT2D eigenvalue weighted by molar-refractivity contribution is 0.0690. The Labute approximate surface area is 160 Å². The van der Waals surface area contributed by atoms with Gasteiger partial charge < -0.3 is 9.84 Å². The van der Waals surface area contributed by atoms with Crippen LogP contribution in [-0.4, -0.2) is 26.6 Å². The first-order valence-corrected chi connectivity index (χ1v) is 9.48. The molecule has 136 valence electrons. The molecule has 0 fully saturated rings. The average molecular weight is 378 g/mol. The van der Waals surface area contributed by atoms with Gasteiger partial charge in [0, 0.05) is 10.9 Å². The lowest BCUT2D eigenvalue weighted by Gasteiger charge is -2.10. The number of imidazole rings is 1. The van der Waals surface area contributed by atoms with Crippen molar-refractivity contribution in [3.63, 3.8) is 0 Å². The van der Waals surface area contributed by atoms with Crippen LogP contribution >= 0.6 is 11.3 Å². The average Bonchev–Trinajstić information content (AvgIpc) is 3.21. The molecular formula is C21H18N2O3S. The van der Waals surface area contributed by atoms with E-state index in [0.717, 1.165) is 22.6 Å². The predicted molar refractivity (Wildman–Crippen MR) is 107 cm³/mol. The number of rotatable bonds is 5. The normalized spacial score (nSPS) is 11.2. The highest BCUT2D eigenvalue weighted by molar-refractivity contribution is 7.15. The van der Waals surface area contributed by atoms with E-state index in [9.17, 15) is 9.90 Å². The van der Waals surface area contributed by atoms with Gasteiger partial charge in [-0.15, -0.1) is 11.3 Å². The number of aromatic nitrogens is 2. The van der Waals surface area contributed by atoms with Gasteiger partial charge in [0.05, 0.1) is 11.8 Å². The summed E-state index contributed by atoms with van der Waals surface area (Å²) < 4.78 is 7.40. The number of aromatic carboxylic acids is 1. The fourth-order valence-corrected chi connectivity index (χ4v) is 3.93. The molecule has 0 spiro atoms. The van der Waals surface area contributed by atoms with Crippen LogP contribution in [-0.2, 0) is 0 Å². The third-order valence-electron chi connectivity index (χ3n) is 4.14. The van der Waals surface area contributed by atoms with Crippen LogP contribution in [0.4, 0.5) is 0 Å². The molecule has 0 radical (unpaired) electrons. The maximum atomic E-state index is 12.1. The Hall–Kier alpha value is -3.12. The molecule has 0 saturated heterocycles. The Balaban J connectivity index is 1.85. The van der Waals surface area contributed by atoms with Gasteiger partial charge >= 0.3 is 5.97 Å². The van der Waals surface area contributed by atoms with Crippen molar-refractivity contribution in [1.82, 2.24) is 9.38 Å². The Morgan fingerprint density at radius 2 is 1.78 bits per heavy atom. The molecule has 0 amide bonds. The van der Waals surface area contributed by atoms with Gasteiger partial charge in [-0.05, 0) is 43.7 Å². The van der Waals surface area contributed by atoms with Crippen LogP contribution < -0.4 is 4.74 Å². The largest absolute Gasteiger partial charge is 0.491 e. The van der Waals surface area contributed by atoms with Crippen molar-refractivity contribution >= 4 is 22.3 Å². The predicted octanol–water partition coefficient (Wildman–Crippen LogP) is 5.22. The number of fused-ring (bicyclic) bond motifs is 1. The minimum absolute atomic E-state index is 0.101. The summed E-state index contributed by atoms with van der Waals surface area (Å²) in [7, 11) is 0. The summed E-state index contributed by atoms with van der Waals surface area (Å²) in [6.07, 6.45) is 0.101. The summed E-state index contributed by atoms with van der Waals surface area (Å²) in [6, 6.07) is 17.1. The fourth-order valence-electron chi connectivity index (χ4n) is 3.03. The van der Waals surface area contributed by atoms with Gasteiger partial charge in [0.2, 0.25) is 0 Å². The molecule has 0 aliphatic rings. The number of carboxylic acid groups (broad SMARTS) is 1. The van der Waals surface area contributed by atoms with E-state index in [2.05, 4.69) is 4.98 Å². The zero-order valence-electron chi connectivity index (χ0n) is 14.9. The first kappa shape index (κ1) is 17.3. The van der Waals surface area contributed by atoms with Gasteiger partial charge in [-0.2, -0.15) is 0 Å². The fraction of sp³-hybridized carbons (Fsp3) is 0.143. The molecule has 0 aliphatic carbocycles. The second-order valence-corrected chi connectivity index (χ2v) is 7.25. The summed E-state index contributed by atoms with van der Waals surface area (Å²) in [5.41, 5.74) is 3.17. The third kappa shape index (κ3) is 3.19. The molecule has 0 saturated carbocycles. The van der Waals surface area contributed by atoms with E-state index < -0.39 is 5.97 Å². The minimum Gasteiger partial charge on any atom is -0.491 e. The molecule has 5 nitrogen and oxygen atoms in total. The molecule has 2 aromatic heterocycles. The van der Waals surface area contributed by atoms with Crippen LogP contribution in [0.25, 0.3) is 27.5 Å². The Morgan fingerprint density at radius 3 is 2.41 bits per heavy atom. The number of benzene rings is 2. The maximum Gasteiger partial charge on any atom is 0.355 e. The second kappa shape index (κ2) is 6.89. The van der Waals surface area contributed by atoms with Crippen molar-refractivity contribution in [2.45, 2.75) is 20.0 Å². The zero-order chi connectivity index (χ0) is 19.0. The van der Waals surface area contributed by atoms with E-state index in [-0.39, 0.29) is 11.8 Å². The van der Waals surface area contributed by atoms with Gasteiger partial charge in [-0.25, -0.2) is 9.78 Å². The van der Waals surface area contributed by atoms with E-state index in [1.807, 2.05) is 73.8 Å². The van der Waals surface area contributed by atoms with Crippen molar-refractivity contribution in [1.29, 1.82) is 0 Å². The molecule has 1 N–H and O–H groups in total. The monoisotopic (exact) mass is 378 g/mol. The Bertz CT molecular complexity index is 1100. The molecule has 4 aromatic rings. The molecule has 6 heteroatoms. The number of carboxylic acids is 1. The molecule has 4 rings (SSSR count). The van der Waals surface area contributed by atoms with Crippen LogP contribution in [0.15, 0.2) is 60.0 Å². The van der Waals surface area contributed by atoms with Crippen molar-refractivity contribution in [2.24, 2.45) is 0 Å². The molecule has 0 unspecified atom stereocenters. The van der Waals surface area contributed by atoms with E-state index in [0.29, 0.717) is 10.7 Å². The van der Waals surface area contributed by atoms with Crippen LogP contribution in [0, 0.1) is 0 Å². The SMILES string of the molecule is CC(C)Oc1ccc(-c2csc3nc(-c4ccccc4)c(C(=O)O)n23)cc1. The summed E-state index contributed by atoms with van der Waals surface area (Å²) in [6.45, 7) is 3.96. The maximum absolute atomic E-state index is 12.1. The van der Waals surface area contributed by atoms with Crippen LogP contribution in [0.2, 0.25) is 0 Å². The molecule has 2 heterocycles. The number of hydrogen-bond donors (Lipinski definition) is 1. The molecule has 2 aromatic carbocycles. The van der Waals surface area contributed by atoms with Crippen molar-refractivity contribution in [3.8, 4) is 28.3 Å². The van der Waals surface area contributed by atoms with E-state index in [1.165, 1.54) is 11.3 Å². The Morgan fingerprint density at radius 1 is 1.07 bits per heavy atom. The van der Waals surface area contributed by atoms with Gasteiger partial charge in [-0.1, -0.05) is 30.3 Å². The minimum atomic E-state index is -0.999. The number of hydrogen-bond acceptors (Lipinski definition) is 4. The van der Waals surface area contributed by atoms with Crippen molar-refractivity contribution < 1.29 is 14.6 Å². The van der Waals surface area contributed by atoms with Gasteiger partial charge in [0.15, 0.2) is 10.7 Å². The molecule has 0 atom stereocenters. The molecule has 27 heavy (non-hydrogen) atoms. The Kier molecular flexibility index (Phi) is 4.41. The lowest BCUT2D eigenvalue weighted by Crippen LogP contribution is -2.05. The number of ether oxygens (including phenoxy) is 1. The van der Waals surface area contributed by atoms with Crippen molar-refractivity contribution in [3.05, 3.63) is 65.7 Å². The number of nitrogens with zero attached hydrogens (tertiary/aromatic N) is 2. The van der Waals surface area contributed by atoms with Crippen LogP contribution in [0.3, 0.4) is 0 Å². The molecule has 0 bridgehead atoms. The first-order chi connectivity index (χ1) is 13.0.